The van der Waals surface area contributed by atoms with Crippen LogP contribution in [0, 0.1) is 0 Å². The van der Waals surface area contributed by atoms with Crippen molar-refractivity contribution in [1.82, 2.24) is 15.2 Å². The summed E-state index contributed by atoms with van der Waals surface area (Å²) in [5.74, 6) is -0.405. The van der Waals surface area contributed by atoms with Gasteiger partial charge in [-0.25, -0.2) is 4.98 Å². The Hall–Kier alpha value is -2.70. The van der Waals surface area contributed by atoms with Crippen molar-refractivity contribution in [3.63, 3.8) is 0 Å². The number of nitrogens with one attached hydrogen (secondary N) is 1. The fraction of sp³-hybridized carbons (Fsp3) is 0.286. The fourth-order valence-corrected chi connectivity index (χ4v) is 1.90. The number of hydrogen-bond acceptors (Lipinski definition) is 6. The highest BCUT2D eigenvalue weighted by Crippen LogP contribution is 2.19. The average molecular weight is 287 g/mol. The highest BCUT2D eigenvalue weighted by atomic mass is 16.3. The first kappa shape index (κ1) is 14.7. The van der Waals surface area contributed by atoms with Crippen molar-refractivity contribution >= 4 is 17.5 Å². The van der Waals surface area contributed by atoms with Crippen LogP contribution in [0.25, 0.3) is 0 Å². The number of hydrogen-bond donors (Lipinski definition) is 3. The minimum absolute atomic E-state index is 0.0380. The Bertz CT molecular complexity index is 672. The van der Waals surface area contributed by atoms with Crippen molar-refractivity contribution < 1.29 is 9.90 Å². The molecule has 110 valence electrons. The predicted octanol–water partition coefficient (Wildman–Crippen LogP) is 1.54. The van der Waals surface area contributed by atoms with E-state index in [1.54, 1.807) is 0 Å². The maximum absolute atomic E-state index is 12.1. The molecule has 0 radical (unpaired) electrons. The van der Waals surface area contributed by atoms with Gasteiger partial charge in [0.25, 0.3) is 5.91 Å². The van der Waals surface area contributed by atoms with E-state index in [1.165, 1.54) is 18.2 Å². The minimum atomic E-state index is -0.489. The zero-order valence-electron chi connectivity index (χ0n) is 11.9. The summed E-state index contributed by atoms with van der Waals surface area (Å²) in [6, 6.07) is 4.16. The maximum atomic E-state index is 12.1. The second-order valence-electron chi connectivity index (χ2n) is 4.46. The van der Waals surface area contributed by atoms with E-state index >= 15 is 0 Å². The SMILES string of the molecule is CCc1nnc(NC(=O)c2cc(O)ccc2N)nc1CC. The van der Waals surface area contributed by atoms with Gasteiger partial charge in [-0.15, -0.1) is 10.2 Å². The standard InChI is InChI=1S/C14H17N5O2/c1-3-11-12(4-2)18-19-14(16-11)17-13(21)9-7-8(20)5-6-10(9)15/h5-7,20H,3-4,15H2,1-2H3,(H,16,17,19,21). The topological polar surface area (TPSA) is 114 Å². The summed E-state index contributed by atoms with van der Waals surface area (Å²) in [5, 5.41) is 19.9. The molecule has 2 aromatic rings. The highest BCUT2D eigenvalue weighted by Gasteiger charge is 2.14. The minimum Gasteiger partial charge on any atom is -0.508 e. The molecule has 0 saturated heterocycles. The third kappa shape index (κ3) is 3.25. The number of phenols is 1. The van der Waals surface area contributed by atoms with Gasteiger partial charge >= 0.3 is 0 Å². The molecule has 0 aliphatic rings. The molecule has 0 saturated carbocycles. The van der Waals surface area contributed by atoms with E-state index in [4.69, 9.17) is 5.73 Å². The van der Waals surface area contributed by atoms with E-state index in [0.29, 0.717) is 6.42 Å². The molecule has 0 atom stereocenters. The Morgan fingerprint density at radius 1 is 1.24 bits per heavy atom. The number of aromatic hydroxyl groups is 1. The summed E-state index contributed by atoms with van der Waals surface area (Å²) in [4.78, 5) is 16.4. The van der Waals surface area contributed by atoms with Crippen LogP contribution in [-0.2, 0) is 12.8 Å². The zero-order valence-corrected chi connectivity index (χ0v) is 11.9. The van der Waals surface area contributed by atoms with Crippen LogP contribution >= 0.6 is 0 Å². The molecule has 21 heavy (non-hydrogen) atoms. The molecule has 7 nitrogen and oxygen atoms in total. The predicted molar refractivity (Wildman–Crippen MR) is 79.1 cm³/mol. The van der Waals surface area contributed by atoms with Gasteiger partial charge in [0.15, 0.2) is 0 Å². The molecular weight excluding hydrogens is 270 g/mol. The molecule has 0 bridgehead atoms. The Kier molecular flexibility index (Phi) is 4.32. The van der Waals surface area contributed by atoms with Gasteiger partial charge in [-0.1, -0.05) is 13.8 Å². The number of carbonyl (C=O) groups excluding carboxylic acids is 1. The number of nitrogens with zero attached hydrogens (tertiary/aromatic N) is 3. The molecule has 1 aromatic carbocycles. The fourth-order valence-electron chi connectivity index (χ4n) is 1.90. The molecule has 1 heterocycles. The van der Waals surface area contributed by atoms with E-state index in [1.807, 2.05) is 13.8 Å². The van der Waals surface area contributed by atoms with Gasteiger partial charge in [0.2, 0.25) is 5.95 Å². The number of nitrogens with two attached hydrogens (primary N) is 1. The number of nitrogen functional groups attached to an aromatic ring is 1. The molecule has 0 aliphatic heterocycles. The molecule has 4 N–H and O–H groups in total. The van der Waals surface area contributed by atoms with E-state index < -0.39 is 5.91 Å². The van der Waals surface area contributed by atoms with Crippen LogP contribution in [0.1, 0.15) is 35.6 Å². The smallest absolute Gasteiger partial charge is 0.260 e. The molecule has 7 heteroatoms. The zero-order chi connectivity index (χ0) is 15.4. The van der Waals surface area contributed by atoms with Gasteiger partial charge < -0.3 is 10.8 Å². The summed E-state index contributed by atoms with van der Waals surface area (Å²) in [6.07, 6.45) is 1.44. The maximum Gasteiger partial charge on any atom is 0.260 e. The number of rotatable bonds is 4. The van der Waals surface area contributed by atoms with E-state index in [2.05, 4.69) is 20.5 Å². The molecule has 1 amide bonds. The van der Waals surface area contributed by atoms with Crippen LogP contribution in [0.4, 0.5) is 11.6 Å². The Morgan fingerprint density at radius 2 is 1.95 bits per heavy atom. The Balaban J connectivity index is 2.25. The largest absolute Gasteiger partial charge is 0.508 e. The summed E-state index contributed by atoms with van der Waals surface area (Å²) in [6.45, 7) is 3.93. The number of aromatic nitrogens is 3. The molecular formula is C14H17N5O2. The lowest BCUT2D eigenvalue weighted by atomic mass is 10.1. The van der Waals surface area contributed by atoms with E-state index in [0.717, 1.165) is 17.8 Å². The summed E-state index contributed by atoms with van der Waals surface area (Å²) in [7, 11) is 0. The summed E-state index contributed by atoms with van der Waals surface area (Å²) < 4.78 is 0. The van der Waals surface area contributed by atoms with Gasteiger partial charge in [-0.3, -0.25) is 10.1 Å². The first-order chi connectivity index (χ1) is 10.0. The third-order valence-electron chi connectivity index (χ3n) is 3.02. The van der Waals surface area contributed by atoms with Crippen LogP contribution in [0.15, 0.2) is 18.2 Å². The lowest BCUT2D eigenvalue weighted by Crippen LogP contribution is -2.17. The van der Waals surface area contributed by atoms with Gasteiger partial charge in [-0.05, 0) is 31.0 Å². The molecule has 0 spiro atoms. The monoisotopic (exact) mass is 287 g/mol. The summed E-state index contributed by atoms with van der Waals surface area (Å²) >= 11 is 0. The number of phenolic OH excluding ortho intramolecular Hbond substituents is 1. The quantitative estimate of drug-likeness (QED) is 0.580. The lowest BCUT2D eigenvalue weighted by Gasteiger charge is -2.08. The van der Waals surface area contributed by atoms with Crippen LogP contribution < -0.4 is 11.1 Å². The number of amides is 1. The summed E-state index contributed by atoms with van der Waals surface area (Å²) in [5.41, 5.74) is 7.75. The lowest BCUT2D eigenvalue weighted by molar-refractivity contribution is 0.102. The average Bonchev–Trinajstić information content (AvgIpc) is 2.49. The van der Waals surface area contributed by atoms with Crippen molar-refractivity contribution in [2.24, 2.45) is 0 Å². The van der Waals surface area contributed by atoms with Gasteiger partial charge in [0.1, 0.15) is 5.75 Å². The first-order valence-corrected chi connectivity index (χ1v) is 6.67. The van der Waals surface area contributed by atoms with Crippen LogP contribution in [0.5, 0.6) is 5.75 Å². The van der Waals surface area contributed by atoms with Crippen LogP contribution in [0.3, 0.4) is 0 Å². The van der Waals surface area contributed by atoms with Crippen molar-refractivity contribution in [1.29, 1.82) is 0 Å². The molecule has 0 unspecified atom stereocenters. The number of carbonyl (C=O) groups is 1. The number of benzene rings is 1. The normalized spacial score (nSPS) is 10.4. The molecule has 0 fully saturated rings. The number of aryl methyl sites for hydroxylation is 2. The van der Waals surface area contributed by atoms with Crippen molar-refractivity contribution in [3.8, 4) is 5.75 Å². The van der Waals surface area contributed by atoms with Crippen molar-refractivity contribution in [2.45, 2.75) is 26.7 Å². The molecule has 2 rings (SSSR count). The van der Waals surface area contributed by atoms with Crippen LogP contribution in [0.2, 0.25) is 0 Å². The van der Waals surface area contributed by atoms with Crippen molar-refractivity contribution in [2.75, 3.05) is 11.1 Å². The number of anilines is 2. The van der Waals surface area contributed by atoms with E-state index in [9.17, 15) is 9.90 Å². The van der Waals surface area contributed by atoms with E-state index in [-0.39, 0.29) is 22.9 Å². The first-order valence-electron chi connectivity index (χ1n) is 6.67. The van der Waals surface area contributed by atoms with Crippen LogP contribution in [-0.4, -0.2) is 26.2 Å². The second kappa shape index (κ2) is 6.17. The molecule has 1 aromatic heterocycles. The van der Waals surface area contributed by atoms with Gasteiger partial charge in [0, 0.05) is 5.69 Å². The second-order valence-corrected chi connectivity index (χ2v) is 4.46. The van der Waals surface area contributed by atoms with Gasteiger partial charge in [-0.2, -0.15) is 0 Å². The molecule has 0 aliphatic carbocycles. The van der Waals surface area contributed by atoms with Gasteiger partial charge in [0.05, 0.1) is 17.0 Å². The Morgan fingerprint density at radius 3 is 2.62 bits per heavy atom. The van der Waals surface area contributed by atoms with Crippen molar-refractivity contribution in [3.05, 3.63) is 35.2 Å². The Labute approximate surface area is 122 Å². The highest BCUT2D eigenvalue weighted by molar-refractivity contribution is 6.07. The third-order valence-corrected chi connectivity index (χ3v) is 3.02.